The summed E-state index contributed by atoms with van der Waals surface area (Å²) in [4.78, 5) is 0. The van der Waals surface area contributed by atoms with Crippen LogP contribution in [0.1, 0.15) is 24.3 Å². The summed E-state index contributed by atoms with van der Waals surface area (Å²) in [7, 11) is 0. The van der Waals surface area contributed by atoms with Crippen molar-refractivity contribution >= 4 is 11.6 Å². The zero-order valence-corrected chi connectivity index (χ0v) is 8.14. The molecule has 1 aliphatic rings. The summed E-state index contributed by atoms with van der Waals surface area (Å²) in [5.74, 6) is -2.46. The van der Waals surface area contributed by atoms with Gasteiger partial charge in [-0.2, -0.15) is 0 Å². The second-order valence-corrected chi connectivity index (χ2v) is 3.95. The van der Waals surface area contributed by atoms with Crippen LogP contribution >= 0.6 is 11.6 Å². The maximum atomic E-state index is 12.5. The molecule has 1 saturated carbocycles. The van der Waals surface area contributed by atoms with Gasteiger partial charge in [0.15, 0.2) is 0 Å². The molecule has 0 bridgehead atoms. The van der Waals surface area contributed by atoms with Gasteiger partial charge in [0, 0.05) is 24.0 Å². The summed E-state index contributed by atoms with van der Waals surface area (Å²) in [6.45, 7) is 0. The normalized spacial score (nSPS) is 19.6. The molecule has 2 rings (SSSR count). The van der Waals surface area contributed by atoms with Crippen molar-refractivity contribution in [2.45, 2.75) is 24.7 Å². The average molecular weight is 217 g/mol. The second-order valence-electron chi connectivity index (χ2n) is 3.52. The highest BCUT2D eigenvalue weighted by Crippen LogP contribution is 2.48. The predicted molar refractivity (Wildman–Crippen MR) is 50.5 cm³/mol. The molecule has 14 heavy (non-hydrogen) atoms. The molecule has 1 aromatic rings. The van der Waals surface area contributed by atoms with Gasteiger partial charge in [-0.25, -0.2) is 8.78 Å². The van der Waals surface area contributed by atoms with Crippen molar-refractivity contribution in [3.63, 3.8) is 0 Å². The minimum atomic E-state index is -2.45. The Kier molecular flexibility index (Phi) is 3.12. The molecule has 0 atom stereocenters. The molecule has 1 aromatic carbocycles. The first-order chi connectivity index (χ1) is 6.07. The van der Waals surface area contributed by atoms with E-state index >= 15 is 0 Å². The number of benzene rings is 1. The zero-order valence-electron chi connectivity index (χ0n) is 7.38. The third-order valence-corrected chi connectivity index (χ3v) is 2.65. The van der Waals surface area contributed by atoms with Crippen LogP contribution in [0.25, 0.3) is 0 Å². The van der Waals surface area contributed by atoms with Crippen LogP contribution in [-0.4, -0.2) is 5.92 Å². The lowest BCUT2D eigenvalue weighted by Gasteiger charge is -2.35. The first kappa shape index (κ1) is 11.4. The van der Waals surface area contributed by atoms with Gasteiger partial charge in [0.05, 0.1) is 0 Å². The van der Waals surface area contributed by atoms with Crippen molar-refractivity contribution in [3.8, 4) is 0 Å². The average Bonchev–Trinajstić information content (AvgIpc) is 2.00. The van der Waals surface area contributed by atoms with Crippen molar-refractivity contribution < 1.29 is 8.78 Å². The quantitative estimate of drug-likeness (QED) is 0.689. The van der Waals surface area contributed by atoms with Gasteiger partial charge in [0.2, 0.25) is 5.92 Å². The summed E-state index contributed by atoms with van der Waals surface area (Å²) in [5, 5.41) is 0.618. The van der Waals surface area contributed by atoms with Gasteiger partial charge in [-0.05, 0) is 23.6 Å². The van der Waals surface area contributed by atoms with E-state index in [2.05, 4.69) is 0 Å². The molecule has 0 N–H and O–H groups in total. The lowest BCUT2D eigenvalue weighted by molar-refractivity contribution is -0.0867. The zero-order chi connectivity index (χ0) is 9.47. The van der Waals surface area contributed by atoms with Crippen molar-refractivity contribution in [1.82, 2.24) is 6.15 Å². The number of nitrogens with zero attached hydrogens (tertiary/aromatic N) is 1. The molecule has 0 aromatic heterocycles. The van der Waals surface area contributed by atoms with Crippen LogP contribution in [0.2, 0.25) is 5.02 Å². The molecule has 0 aliphatic heterocycles. The van der Waals surface area contributed by atoms with Crippen LogP contribution in [0.5, 0.6) is 0 Å². The van der Waals surface area contributed by atoms with Crippen molar-refractivity contribution in [2.75, 3.05) is 0 Å². The van der Waals surface area contributed by atoms with Gasteiger partial charge < -0.3 is 0 Å². The first-order valence-corrected chi connectivity index (χ1v) is 4.58. The largest absolute Gasteiger partial charge is 0.249 e. The number of rotatable bonds is 1. The Morgan fingerprint density at radius 1 is 1.29 bits per heavy atom. The Labute approximate surface area is 86.7 Å². The fraction of sp³-hybridized carbons (Fsp3) is 0.400. The molecule has 3 radical (unpaired) electrons. The van der Waals surface area contributed by atoms with Gasteiger partial charge in [0.1, 0.15) is 0 Å². The van der Waals surface area contributed by atoms with E-state index < -0.39 is 5.92 Å². The Hall–Kier alpha value is -0.670. The van der Waals surface area contributed by atoms with E-state index in [0.29, 0.717) is 5.02 Å². The summed E-state index contributed by atoms with van der Waals surface area (Å²) >= 11 is 5.75. The molecular formula is C10H9ClF2N. The van der Waals surface area contributed by atoms with E-state index in [1.165, 1.54) is 0 Å². The van der Waals surface area contributed by atoms with Crippen LogP contribution < -0.4 is 6.15 Å². The van der Waals surface area contributed by atoms with E-state index in [-0.39, 0.29) is 24.9 Å². The molecule has 0 spiro atoms. The highest BCUT2D eigenvalue weighted by molar-refractivity contribution is 6.30. The van der Waals surface area contributed by atoms with Crippen LogP contribution in [-0.2, 0) is 0 Å². The molecule has 0 saturated heterocycles. The van der Waals surface area contributed by atoms with Crippen LogP contribution in [0.15, 0.2) is 24.3 Å². The van der Waals surface area contributed by atoms with Gasteiger partial charge >= 0.3 is 0 Å². The summed E-state index contributed by atoms with van der Waals surface area (Å²) in [6, 6.07) is 7.17. The van der Waals surface area contributed by atoms with Crippen molar-refractivity contribution in [3.05, 3.63) is 34.9 Å². The maximum Gasteiger partial charge on any atom is 0.249 e. The molecule has 4 heteroatoms. The first-order valence-electron chi connectivity index (χ1n) is 4.20. The number of halogens is 3. The SMILES string of the molecule is FC1(F)CC(c2cccc(Cl)c2)C1.[N]. The van der Waals surface area contributed by atoms with E-state index in [1.807, 2.05) is 6.07 Å². The van der Waals surface area contributed by atoms with Gasteiger partial charge in [-0.15, -0.1) is 0 Å². The smallest absolute Gasteiger partial charge is 0.207 e. The number of hydrogen-bond acceptors (Lipinski definition) is 0. The Balaban J connectivity index is 0.000000980. The molecule has 1 fully saturated rings. The molecular weight excluding hydrogens is 208 g/mol. The van der Waals surface area contributed by atoms with Gasteiger partial charge in [-0.3, -0.25) is 0 Å². The highest BCUT2D eigenvalue weighted by atomic mass is 35.5. The summed E-state index contributed by atoms with van der Waals surface area (Å²) < 4.78 is 25.1. The second kappa shape index (κ2) is 3.83. The van der Waals surface area contributed by atoms with Gasteiger partial charge in [0.25, 0.3) is 0 Å². The molecule has 1 aliphatic carbocycles. The van der Waals surface area contributed by atoms with E-state index in [9.17, 15) is 8.78 Å². The topological polar surface area (TPSA) is 30.5 Å². The van der Waals surface area contributed by atoms with E-state index in [4.69, 9.17) is 11.6 Å². The van der Waals surface area contributed by atoms with Crippen molar-refractivity contribution in [1.29, 1.82) is 0 Å². The van der Waals surface area contributed by atoms with Crippen LogP contribution in [0.3, 0.4) is 0 Å². The van der Waals surface area contributed by atoms with Gasteiger partial charge in [-0.1, -0.05) is 23.7 Å². The lowest BCUT2D eigenvalue weighted by Crippen LogP contribution is -2.33. The van der Waals surface area contributed by atoms with Crippen LogP contribution in [0, 0.1) is 0 Å². The summed E-state index contributed by atoms with van der Waals surface area (Å²) in [5.41, 5.74) is 0.929. The minimum absolute atomic E-state index is 0. The monoisotopic (exact) mass is 216 g/mol. The Bertz CT molecular complexity index is 320. The number of hydrogen-bond donors (Lipinski definition) is 0. The standard InChI is InChI=1S/C10H9ClF2.N/c11-9-3-1-2-7(4-9)8-5-10(12,13)6-8;/h1-4,8H,5-6H2;. The molecule has 0 unspecified atom stereocenters. The van der Waals surface area contributed by atoms with Crippen LogP contribution in [0.4, 0.5) is 8.78 Å². The molecule has 0 amide bonds. The molecule has 75 valence electrons. The number of alkyl halides is 2. The van der Waals surface area contributed by atoms with E-state index in [1.54, 1.807) is 18.2 Å². The Morgan fingerprint density at radius 3 is 2.43 bits per heavy atom. The highest BCUT2D eigenvalue weighted by Gasteiger charge is 2.45. The predicted octanol–water partition coefficient (Wildman–Crippen LogP) is 3.37. The summed E-state index contributed by atoms with van der Waals surface area (Å²) in [6.07, 6.45) is -0.0688. The van der Waals surface area contributed by atoms with Crippen molar-refractivity contribution in [2.24, 2.45) is 0 Å². The molecule has 0 heterocycles. The van der Waals surface area contributed by atoms with E-state index in [0.717, 1.165) is 5.56 Å². The third-order valence-electron chi connectivity index (χ3n) is 2.41. The Morgan fingerprint density at radius 2 is 1.93 bits per heavy atom. The third kappa shape index (κ3) is 2.22. The fourth-order valence-corrected chi connectivity index (χ4v) is 1.86. The fourth-order valence-electron chi connectivity index (χ4n) is 1.66. The lowest BCUT2D eigenvalue weighted by atomic mass is 9.77. The molecule has 1 nitrogen and oxygen atoms in total. The maximum absolute atomic E-state index is 12.5. The minimum Gasteiger partial charge on any atom is -0.207 e.